The molecule has 2 N–H and O–H groups in total. The molecule has 68 valence electrons. The Bertz CT molecular complexity index is 38.1. The smallest absolute Gasteiger partial charge is 0.0533 e. The van der Waals surface area contributed by atoms with Crippen LogP contribution in [-0.2, 0) is 0 Å². The number of hydrogen-bond donors (Lipinski definition) is 0. The molecule has 1 saturated carbocycles. The second-order valence-corrected chi connectivity index (χ2v) is 3.54. The topological polar surface area (TPSA) is 31.5 Å². The van der Waals surface area contributed by atoms with Crippen molar-refractivity contribution in [2.45, 2.75) is 64.2 Å². The van der Waals surface area contributed by atoms with Crippen LogP contribution in [0, 0.1) is 0 Å². The third-order valence-corrected chi connectivity index (χ3v) is 2.50. The molecular formula is C10H22O. The van der Waals surface area contributed by atoms with Crippen LogP contribution in [0.25, 0.3) is 0 Å². The predicted octanol–water partition coefficient (Wildman–Crippen LogP) is 3.08. The van der Waals surface area contributed by atoms with E-state index in [0.717, 1.165) is 0 Å². The van der Waals surface area contributed by atoms with Crippen LogP contribution in [0.1, 0.15) is 64.2 Å². The maximum Gasteiger partial charge on any atom is -0.0533 e. The van der Waals surface area contributed by atoms with Crippen LogP contribution < -0.4 is 0 Å². The van der Waals surface area contributed by atoms with Gasteiger partial charge in [-0.05, 0) is 0 Å². The van der Waals surface area contributed by atoms with E-state index in [4.69, 9.17) is 0 Å². The van der Waals surface area contributed by atoms with Crippen LogP contribution in [0.5, 0.6) is 0 Å². The van der Waals surface area contributed by atoms with Gasteiger partial charge in [0, 0.05) is 0 Å². The van der Waals surface area contributed by atoms with Gasteiger partial charge in [-0.2, -0.15) is 0 Å². The summed E-state index contributed by atoms with van der Waals surface area (Å²) in [6.45, 7) is 0. The van der Waals surface area contributed by atoms with Crippen LogP contribution in [0.3, 0.4) is 0 Å². The van der Waals surface area contributed by atoms with Crippen LogP contribution in [0.2, 0.25) is 0 Å². The normalized spacial score (nSPS) is 21.8. The molecule has 1 nitrogen and oxygen atoms in total. The first kappa shape index (κ1) is 11.0. The summed E-state index contributed by atoms with van der Waals surface area (Å²) in [5.41, 5.74) is 0. The Hall–Kier alpha value is -0.0400. The van der Waals surface area contributed by atoms with Crippen molar-refractivity contribution in [3.8, 4) is 0 Å². The van der Waals surface area contributed by atoms with E-state index in [0.29, 0.717) is 0 Å². The average molecular weight is 158 g/mol. The van der Waals surface area contributed by atoms with Crippen molar-refractivity contribution in [3.05, 3.63) is 0 Å². The molecule has 0 atom stereocenters. The van der Waals surface area contributed by atoms with E-state index < -0.39 is 0 Å². The monoisotopic (exact) mass is 158 g/mol. The number of rotatable bonds is 0. The molecule has 1 rings (SSSR count). The predicted molar refractivity (Wildman–Crippen MR) is 49.8 cm³/mol. The van der Waals surface area contributed by atoms with E-state index in [1.807, 2.05) is 0 Å². The molecule has 0 aromatic heterocycles. The zero-order valence-corrected chi connectivity index (χ0v) is 7.57. The third kappa shape index (κ3) is 6.36. The van der Waals surface area contributed by atoms with Gasteiger partial charge in [0.25, 0.3) is 0 Å². The van der Waals surface area contributed by atoms with E-state index in [9.17, 15) is 0 Å². The van der Waals surface area contributed by atoms with Gasteiger partial charge < -0.3 is 5.48 Å². The molecule has 1 aliphatic rings. The molecule has 0 bridgehead atoms. The molecule has 0 aromatic rings. The second-order valence-electron chi connectivity index (χ2n) is 3.54. The van der Waals surface area contributed by atoms with Crippen molar-refractivity contribution in [1.82, 2.24) is 0 Å². The Labute approximate surface area is 70.5 Å². The van der Waals surface area contributed by atoms with E-state index in [-0.39, 0.29) is 5.48 Å². The first-order valence-corrected chi connectivity index (χ1v) is 5.00. The maximum absolute atomic E-state index is 1.50. The number of hydrogen-bond acceptors (Lipinski definition) is 0. The molecule has 11 heavy (non-hydrogen) atoms. The maximum atomic E-state index is 1.50. The molecule has 0 aliphatic heterocycles. The fraction of sp³-hybridized carbons (Fsp3) is 1.00. The van der Waals surface area contributed by atoms with Gasteiger partial charge >= 0.3 is 0 Å². The van der Waals surface area contributed by atoms with Gasteiger partial charge in [0.2, 0.25) is 0 Å². The summed E-state index contributed by atoms with van der Waals surface area (Å²) in [4.78, 5) is 0. The van der Waals surface area contributed by atoms with Crippen molar-refractivity contribution in [2.24, 2.45) is 0 Å². The molecule has 0 amide bonds. The van der Waals surface area contributed by atoms with Gasteiger partial charge in [0.1, 0.15) is 0 Å². The molecule has 0 aromatic carbocycles. The van der Waals surface area contributed by atoms with E-state index >= 15 is 0 Å². The van der Waals surface area contributed by atoms with Gasteiger partial charge in [0.15, 0.2) is 0 Å². The second kappa shape index (κ2) is 8.06. The molecule has 1 fully saturated rings. The summed E-state index contributed by atoms with van der Waals surface area (Å²) >= 11 is 0. The van der Waals surface area contributed by atoms with Crippen molar-refractivity contribution < 1.29 is 5.48 Å². The zero-order chi connectivity index (χ0) is 7.07. The van der Waals surface area contributed by atoms with Gasteiger partial charge in [-0.3, -0.25) is 0 Å². The Morgan fingerprint density at radius 1 is 0.273 bits per heavy atom. The Morgan fingerprint density at radius 3 is 0.455 bits per heavy atom. The van der Waals surface area contributed by atoms with Crippen LogP contribution in [0.4, 0.5) is 0 Å². The molecule has 1 heteroatoms. The third-order valence-electron chi connectivity index (χ3n) is 2.50. The van der Waals surface area contributed by atoms with Gasteiger partial charge in [-0.25, -0.2) is 0 Å². The van der Waals surface area contributed by atoms with Gasteiger partial charge in [-0.15, -0.1) is 0 Å². The van der Waals surface area contributed by atoms with E-state index in [1.165, 1.54) is 64.2 Å². The summed E-state index contributed by atoms with van der Waals surface area (Å²) in [5.74, 6) is 0. The summed E-state index contributed by atoms with van der Waals surface area (Å²) in [6, 6.07) is 0. The molecule has 0 spiro atoms. The Kier molecular flexibility index (Phi) is 8.03. The SMILES string of the molecule is C1CCCCCCCCC1.O. The van der Waals surface area contributed by atoms with Crippen molar-refractivity contribution in [3.63, 3.8) is 0 Å². The minimum atomic E-state index is 0. The van der Waals surface area contributed by atoms with Crippen molar-refractivity contribution in [1.29, 1.82) is 0 Å². The first-order chi connectivity index (χ1) is 5.00. The standard InChI is InChI=1S/C10H20.H2O/c1-2-4-6-8-10-9-7-5-3-1;/h1-10H2;1H2. The minimum absolute atomic E-state index is 0. The molecule has 0 heterocycles. The van der Waals surface area contributed by atoms with E-state index in [1.54, 1.807) is 0 Å². The van der Waals surface area contributed by atoms with Gasteiger partial charge in [-0.1, -0.05) is 64.2 Å². The summed E-state index contributed by atoms with van der Waals surface area (Å²) in [6.07, 6.45) is 15.0. The van der Waals surface area contributed by atoms with Crippen molar-refractivity contribution >= 4 is 0 Å². The molecule has 0 unspecified atom stereocenters. The summed E-state index contributed by atoms with van der Waals surface area (Å²) < 4.78 is 0. The van der Waals surface area contributed by atoms with Crippen LogP contribution in [-0.4, -0.2) is 5.48 Å². The molecular weight excluding hydrogens is 136 g/mol. The first-order valence-electron chi connectivity index (χ1n) is 5.00. The van der Waals surface area contributed by atoms with Crippen LogP contribution in [0.15, 0.2) is 0 Å². The zero-order valence-electron chi connectivity index (χ0n) is 7.57. The highest BCUT2D eigenvalue weighted by molar-refractivity contribution is 4.51. The van der Waals surface area contributed by atoms with Gasteiger partial charge in [0.05, 0.1) is 0 Å². The fourth-order valence-corrected chi connectivity index (χ4v) is 1.77. The lowest BCUT2D eigenvalue weighted by Crippen LogP contribution is -1.85. The summed E-state index contributed by atoms with van der Waals surface area (Å²) in [5, 5.41) is 0. The largest absolute Gasteiger partial charge is 0.412 e. The Morgan fingerprint density at radius 2 is 0.364 bits per heavy atom. The summed E-state index contributed by atoms with van der Waals surface area (Å²) in [7, 11) is 0. The molecule has 1 aliphatic carbocycles. The van der Waals surface area contributed by atoms with Crippen molar-refractivity contribution in [2.75, 3.05) is 0 Å². The quantitative estimate of drug-likeness (QED) is 0.519. The fourth-order valence-electron chi connectivity index (χ4n) is 1.77. The molecule has 0 radical (unpaired) electrons. The lowest BCUT2D eigenvalue weighted by Gasteiger charge is -2.05. The lowest BCUT2D eigenvalue weighted by atomic mass is 10.0. The average Bonchev–Trinajstić information content (AvgIpc) is 2.01. The highest BCUT2D eigenvalue weighted by atomic mass is 16.0. The molecule has 0 saturated heterocycles. The van der Waals surface area contributed by atoms with E-state index in [2.05, 4.69) is 0 Å². The minimum Gasteiger partial charge on any atom is -0.412 e. The van der Waals surface area contributed by atoms with Crippen LogP contribution >= 0.6 is 0 Å². The highest BCUT2D eigenvalue weighted by Gasteiger charge is 1.95. The highest BCUT2D eigenvalue weighted by Crippen LogP contribution is 2.15. The lowest BCUT2D eigenvalue weighted by molar-refractivity contribution is 0.504. The Balaban J connectivity index is 0.000001000.